The highest BCUT2D eigenvalue weighted by atomic mass is 16.5. The highest BCUT2D eigenvalue weighted by Gasteiger charge is 2.01. The van der Waals surface area contributed by atoms with Gasteiger partial charge in [-0.15, -0.1) is 0 Å². The van der Waals surface area contributed by atoms with Gasteiger partial charge in [-0.2, -0.15) is 0 Å². The summed E-state index contributed by atoms with van der Waals surface area (Å²) in [6.45, 7) is 4.05. The third-order valence-corrected chi connectivity index (χ3v) is 1.99. The van der Waals surface area contributed by atoms with Crippen molar-refractivity contribution in [3.05, 3.63) is 35.9 Å². The molecule has 0 aliphatic heterocycles. The second kappa shape index (κ2) is 7.01. The van der Waals surface area contributed by atoms with Crippen molar-refractivity contribution in [1.82, 2.24) is 5.32 Å². The maximum atomic E-state index is 11.5. The minimum atomic E-state index is -0.0212. The smallest absolute Gasteiger partial charge is 0.251 e. The van der Waals surface area contributed by atoms with E-state index in [0.717, 1.165) is 13.0 Å². The van der Waals surface area contributed by atoms with Crippen molar-refractivity contribution < 1.29 is 9.53 Å². The molecule has 0 unspecified atom stereocenters. The van der Waals surface area contributed by atoms with Crippen LogP contribution in [0.25, 0.3) is 0 Å². The minimum Gasteiger partial charge on any atom is -0.382 e. The first-order valence-electron chi connectivity index (χ1n) is 5.25. The summed E-state index contributed by atoms with van der Waals surface area (Å²) >= 11 is 0. The second-order valence-electron chi connectivity index (χ2n) is 3.17. The largest absolute Gasteiger partial charge is 0.382 e. The zero-order valence-electron chi connectivity index (χ0n) is 9.03. The first-order chi connectivity index (χ1) is 7.34. The van der Waals surface area contributed by atoms with Crippen LogP contribution in [0.1, 0.15) is 23.7 Å². The number of hydrogen-bond donors (Lipinski definition) is 1. The molecular weight excluding hydrogens is 190 g/mol. The lowest BCUT2D eigenvalue weighted by atomic mass is 10.2. The van der Waals surface area contributed by atoms with Gasteiger partial charge in [-0.25, -0.2) is 0 Å². The molecule has 0 heterocycles. The van der Waals surface area contributed by atoms with E-state index in [4.69, 9.17) is 4.74 Å². The predicted molar refractivity (Wildman–Crippen MR) is 59.9 cm³/mol. The Hall–Kier alpha value is -1.35. The molecule has 0 fully saturated rings. The average molecular weight is 207 g/mol. The van der Waals surface area contributed by atoms with Gasteiger partial charge in [-0.1, -0.05) is 18.2 Å². The predicted octanol–water partition coefficient (Wildman–Crippen LogP) is 1.84. The highest BCUT2D eigenvalue weighted by Crippen LogP contribution is 1.97. The number of nitrogens with one attached hydrogen (secondary N) is 1. The van der Waals surface area contributed by atoms with Crippen molar-refractivity contribution in [1.29, 1.82) is 0 Å². The number of rotatable bonds is 6. The molecule has 0 aliphatic carbocycles. The molecule has 0 aliphatic rings. The second-order valence-corrected chi connectivity index (χ2v) is 3.17. The summed E-state index contributed by atoms with van der Waals surface area (Å²) in [5.41, 5.74) is 0.703. The van der Waals surface area contributed by atoms with Gasteiger partial charge in [0.1, 0.15) is 0 Å². The maximum absolute atomic E-state index is 11.5. The molecule has 3 heteroatoms. The zero-order valence-corrected chi connectivity index (χ0v) is 9.03. The summed E-state index contributed by atoms with van der Waals surface area (Å²) in [4.78, 5) is 11.5. The van der Waals surface area contributed by atoms with Crippen LogP contribution in [0.3, 0.4) is 0 Å². The van der Waals surface area contributed by atoms with Crippen LogP contribution < -0.4 is 5.32 Å². The van der Waals surface area contributed by atoms with E-state index in [0.29, 0.717) is 18.7 Å². The Labute approximate surface area is 90.4 Å². The van der Waals surface area contributed by atoms with Crippen LogP contribution in [0.4, 0.5) is 0 Å². The van der Waals surface area contributed by atoms with Crippen LogP contribution >= 0.6 is 0 Å². The Morgan fingerprint density at radius 3 is 2.73 bits per heavy atom. The van der Waals surface area contributed by atoms with Gasteiger partial charge >= 0.3 is 0 Å². The lowest BCUT2D eigenvalue weighted by Gasteiger charge is -2.04. The molecule has 1 aromatic rings. The Morgan fingerprint density at radius 1 is 1.33 bits per heavy atom. The molecule has 1 N–H and O–H groups in total. The summed E-state index contributed by atoms with van der Waals surface area (Å²) in [5, 5.41) is 2.84. The Kier molecular flexibility index (Phi) is 5.48. The fourth-order valence-corrected chi connectivity index (χ4v) is 1.21. The van der Waals surface area contributed by atoms with Gasteiger partial charge in [-0.05, 0) is 25.5 Å². The summed E-state index contributed by atoms with van der Waals surface area (Å²) in [6.07, 6.45) is 0.854. The van der Waals surface area contributed by atoms with E-state index in [1.807, 2.05) is 25.1 Å². The molecule has 1 rings (SSSR count). The van der Waals surface area contributed by atoms with Crippen molar-refractivity contribution >= 4 is 5.91 Å². The molecule has 1 amide bonds. The number of carbonyl (C=O) groups is 1. The lowest BCUT2D eigenvalue weighted by molar-refractivity contribution is 0.0944. The van der Waals surface area contributed by atoms with Crippen molar-refractivity contribution in [2.75, 3.05) is 19.8 Å². The van der Waals surface area contributed by atoms with Gasteiger partial charge in [-0.3, -0.25) is 4.79 Å². The molecule has 0 radical (unpaired) electrons. The van der Waals surface area contributed by atoms with Crippen LogP contribution in [0.2, 0.25) is 0 Å². The van der Waals surface area contributed by atoms with Crippen LogP contribution in [0, 0.1) is 0 Å². The van der Waals surface area contributed by atoms with Crippen molar-refractivity contribution in [2.24, 2.45) is 0 Å². The van der Waals surface area contributed by atoms with E-state index in [9.17, 15) is 4.79 Å². The molecular formula is C12H17NO2. The molecule has 0 saturated carbocycles. The molecule has 0 atom stereocenters. The number of carbonyl (C=O) groups excluding carboxylic acids is 1. The van der Waals surface area contributed by atoms with E-state index >= 15 is 0 Å². The topological polar surface area (TPSA) is 38.3 Å². The minimum absolute atomic E-state index is 0.0212. The van der Waals surface area contributed by atoms with Gasteiger partial charge in [0, 0.05) is 25.3 Å². The highest BCUT2D eigenvalue weighted by molar-refractivity contribution is 5.94. The van der Waals surface area contributed by atoms with Gasteiger partial charge in [0.25, 0.3) is 5.91 Å². The molecule has 1 aromatic carbocycles. The van der Waals surface area contributed by atoms with Crippen molar-refractivity contribution in [2.45, 2.75) is 13.3 Å². The molecule has 0 aromatic heterocycles. The third-order valence-electron chi connectivity index (χ3n) is 1.99. The molecule has 15 heavy (non-hydrogen) atoms. The van der Waals surface area contributed by atoms with Crippen molar-refractivity contribution in [3.8, 4) is 0 Å². The summed E-state index contributed by atoms with van der Waals surface area (Å²) < 4.78 is 5.17. The Bertz CT molecular complexity index is 285. The van der Waals surface area contributed by atoms with Crippen LogP contribution in [-0.2, 0) is 4.74 Å². The third kappa shape index (κ3) is 4.61. The van der Waals surface area contributed by atoms with E-state index in [2.05, 4.69) is 5.32 Å². The van der Waals surface area contributed by atoms with Gasteiger partial charge in [0.2, 0.25) is 0 Å². The SMILES string of the molecule is CCOCCCNC(=O)c1ccccc1. The number of hydrogen-bond acceptors (Lipinski definition) is 2. The molecule has 0 bridgehead atoms. The van der Waals surface area contributed by atoms with Crippen LogP contribution in [0.15, 0.2) is 30.3 Å². The Morgan fingerprint density at radius 2 is 2.07 bits per heavy atom. The quantitative estimate of drug-likeness (QED) is 0.723. The number of benzene rings is 1. The van der Waals surface area contributed by atoms with Gasteiger partial charge in [0.15, 0.2) is 0 Å². The lowest BCUT2D eigenvalue weighted by Crippen LogP contribution is -2.25. The standard InChI is InChI=1S/C12H17NO2/c1-2-15-10-6-9-13-12(14)11-7-4-3-5-8-11/h3-5,7-8H,2,6,9-10H2,1H3,(H,13,14). The summed E-state index contributed by atoms with van der Waals surface area (Å²) in [5.74, 6) is -0.0212. The first kappa shape index (κ1) is 11.7. The Balaban J connectivity index is 2.20. The normalized spacial score (nSPS) is 9.93. The van der Waals surface area contributed by atoms with Gasteiger partial charge in [0.05, 0.1) is 0 Å². The van der Waals surface area contributed by atoms with Gasteiger partial charge < -0.3 is 10.1 Å². The average Bonchev–Trinajstić information content (AvgIpc) is 2.30. The fourth-order valence-electron chi connectivity index (χ4n) is 1.21. The summed E-state index contributed by atoms with van der Waals surface area (Å²) in [7, 11) is 0. The van der Waals surface area contributed by atoms with Crippen LogP contribution in [-0.4, -0.2) is 25.7 Å². The first-order valence-corrected chi connectivity index (χ1v) is 5.25. The van der Waals surface area contributed by atoms with E-state index in [-0.39, 0.29) is 5.91 Å². The zero-order chi connectivity index (χ0) is 10.9. The van der Waals surface area contributed by atoms with Crippen molar-refractivity contribution in [3.63, 3.8) is 0 Å². The summed E-state index contributed by atoms with van der Waals surface area (Å²) in [6, 6.07) is 9.21. The number of amides is 1. The molecule has 82 valence electrons. The van der Waals surface area contributed by atoms with E-state index in [1.54, 1.807) is 12.1 Å². The maximum Gasteiger partial charge on any atom is 0.251 e. The van der Waals surface area contributed by atoms with E-state index in [1.165, 1.54) is 0 Å². The molecule has 0 spiro atoms. The molecule has 0 saturated heterocycles. The van der Waals surface area contributed by atoms with E-state index < -0.39 is 0 Å². The number of ether oxygens (including phenoxy) is 1. The van der Waals surface area contributed by atoms with Crippen LogP contribution in [0.5, 0.6) is 0 Å². The monoisotopic (exact) mass is 207 g/mol. The fraction of sp³-hybridized carbons (Fsp3) is 0.417. The molecule has 3 nitrogen and oxygen atoms in total.